The maximum absolute atomic E-state index is 15.1. The van der Waals surface area contributed by atoms with Crippen LogP contribution in [0.25, 0.3) is 0 Å². The normalized spacial score (nSPS) is 23.3. The quantitative estimate of drug-likeness (QED) is 0.626. The van der Waals surface area contributed by atoms with E-state index in [-0.39, 0.29) is 30.2 Å². The largest absolute Gasteiger partial charge is 0.467 e. The highest BCUT2D eigenvalue weighted by Crippen LogP contribution is 2.45. The van der Waals surface area contributed by atoms with Gasteiger partial charge in [-0.25, -0.2) is 4.39 Å². The smallest absolute Gasteiger partial charge is 0.318 e. The summed E-state index contributed by atoms with van der Waals surface area (Å²) in [6, 6.07) is 7.36. The first-order valence-electron chi connectivity index (χ1n) is 11.8. The van der Waals surface area contributed by atoms with E-state index in [1.54, 1.807) is 11.0 Å². The lowest BCUT2D eigenvalue weighted by Crippen LogP contribution is -2.55. The van der Waals surface area contributed by atoms with Gasteiger partial charge in [-0.3, -0.25) is 4.79 Å². The number of anilines is 1. The van der Waals surface area contributed by atoms with Crippen molar-refractivity contribution >= 4 is 11.7 Å². The maximum atomic E-state index is 15.1. The van der Waals surface area contributed by atoms with Gasteiger partial charge in [0.2, 0.25) is 5.91 Å². The highest BCUT2D eigenvalue weighted by atomic mass is 19.1. The summed E-state index contributed by atoms with van der Waals surface area (Å²) in [7, 11) is 1.53. The predicted molar refractivity (Wildman–Crippen MR) is 126 cm³/mol. The van der Waals surface area contributed by atoms with Crippen LogP contribution in [0.3, 0.4) is 0 Å². The number of amides is 1. The van der Waals surface area contributed by atoms with Crippen LogP contribution in [0, 0.1) is 17.1 Å². The Balaban J connectivity index is 1.51. The minimum absolute atomic E-state index is 0.174. The number of carbonyl (C=O) groups is 1. The molecule has 0 N–H and O–H groups in total. The summed E-state index contributed by atoms with van der Waals surface area (Å²) in [6.07, 6.45) is 3.42. The van der Waals surface area contributed by atoms with Gasteiger partial charge in [-0.05, 0) is 30.5 Å². The van der Waals surface area contributed by atoms with Gasteiger partial charge in [0, 0.05) is 42.6 Å². The van der Waals surface area contributed by atoms with Crippen LogP contribution < -0.4 is 9.64 Å². The zero-order valence-corrected chi connectivity index (χ0v) is 19.8. The number of nitrogens with zero attached hydrogens (tertiary/aromatic N) is 5. The van der Waals surface area contributed by atoms with Crippen molar-refractivity contribution in [3.05, 3.63) is 59.1 Å². The first-order valence-corrected chi connectivity index (χ1v) is 11.8. The van der Waals surface area contributed by atoms with E-state index in [1.807, 2.05) is 6.07 Å². The number of piperazine rings is 1. The Morgan fingerprint density at radius 3 is 3.06 bits per heavy atom. The number of ether oxygens (including phenoxy) is 2. The molecule has 1 saturated heterocycles. The molecule has 3 aliphatic rings. The van der Waals surface area contributed by atoms with Crippen molar-refractivity contribution in [1.29, 1.82) is 5.26 Å². The second-order valence-electron chi connectivity index (χ2n) is 9.38. The standard InChI is InChI=1S/C26H28FN5O3/c1-3-22(33)32-12-11-31(14-18(32)8-10-28)24-19-7-9-26(13-21(19)29-25(30-24)34-2)16-35-15-17-5-4-6-20(27)23(17)26/h3-6,18H,1,7-9,11-16H2,2H3. The van der Waals surface area contributed by atoms with Crippen LogP contribution in [0.4, 0.5) is 10.2 Å². The molecule has 8 nitrogen and oxygen atoms in total. The molecule has 1 amide bonds. The molecule has 2 atom stereocenters. The Hall–Kier alpha value is -3.51. The first-order chi connectivity index (χ1) is 17.0. The molecule has 0 radical (unpaired) electrons. The third kappa shape index (κ3) is 4.02. The lowest BCUT2D eigenvalue weighted by atomic mass is 9.67. The Morgan fingerprint density at radius 1 is 1.43 bits per heavy atom. The first kappa shape index (κ1) is 23.2. The number of nitriles is 1. The van der Waals surface area contributed by atoms with Gasteiger partial charge in [0.1, 0.15) is 11.6 Å². The summed E-state index contributed by atoms with van der Waals surface area (Å²) in [5.74, 6) is 0.394. The summed E-state index contributed by atoms with van der Waals surface area (Å²) >= 11 is 0. The van der Waals surface area contributed by atoms with Crippen LogP contribution in [-0.2, 0) is 34.4 Å². The summed E-state index contributed by atoms with van der Waals surface area (Å²) in [6.45, 7) is 5.95. The molecule has 0 saturated carbocycles. The van der Waals surface area contributed by atoms with Crippen LogP contribution in [0.15, 0.2) is 30.9 Å². The van der Waals surface area contributed by atoms with Crippen molar-refractivity contribution in [2.45, 2.75) is 43.7 Å². The molecule has 1 fully saturated rings. The van der Waals surface area contributed by atoms with E-state index in [9.17, 15) is 10.1 Å². The van der Waals surface area contributed by atoms with Crippen LogP contribution in [0.2, 0.25) is 0 Å². The Bertz CT molecular complexity index is 1210. The van der Waals surface area contributed by atoms with Crippen molar-refractivity contribution in [2.24, 2.45) is 0 Å². The zero-order chi connectivity index (χ0) is 24.6. The molecule has 2 aromatic rings. The van der Waals surface area contributed by atoms with E-state index >= 15 is 4.39 Å². The van der Waals surface area contributed by atoms with Gasteiger partial charge in [-0.1, -0.05) is 18.7 Å². The molecule has 1 aliphatic carbocycles. The average molecular weight is 478 g/mol. The van der Waals surface area contributed by atoms with E-state index in [0.717, 1.165) is 28.2 Å². The third-order valence-electron chi connectivity index (χ3n) is 7.43. The highest BCUT2D eigenvalue weighted by molar-refractivity contribution is 5.87. The Morgan fingerprint density at radius 2 is 2.29 bits per heavy atom. The summed E-state index contributed by atoms with van der Waals surface area (Å²) < 4.78 is 26.4. The lowest BCUT2D eigenvalue weighted by molar-refractivity contribution is -0.128. The second-order valence-corrected chi connectivity index (χ2v) is 9.38. The molecule has 9 heteroatoms. The van der Waals surface area contributed by atoms with Gasteiger partial charge >= 0.3 is 6.01 Å². The molecule has 5 rings (SSSR count). The van der Waals surface area contributed by atoms with Gasteiger partial charge < -0.3 is 19.3 Å². The monoisotopic (exact) mass is 477 g/mol. The summed E-state index contributed by atoms with van der Waals surface area (Å²) in [4.78, 5) is 25.5. The SMILES string of the molecule is C=CC(=O)N1CCN(c2nc(OC)nc3c2CCC2(COCc4cccc(F)c42)C3)CC1CC#N. The minimum Gasteiger partial charge on any atom is -0.467 e. The van der Waals surface area contributed by atoms with Crippen molar-refractivity contribution in [1.82, 2.24) is 14.9 Å². The highest BCUT2D eigenvalue weighted by Gasteiger charge is 2.44. The zero-order valence-electron chi connectivity index (χ0n) is 19.8. The third-order valence-corrected chi connectivity index (χ3v) is 7.43. The number of hydrogen-bond donors (Lipinski definition) is 0. The molecular formula is C26H28FN5O3. The number of benzene rings is 1. The van der Waals surface area contributed by atoms with E-state index in [1.165, 1.54) is 19.3 Å². The fourth-order valence-electron chi connectivity index (χ4n) is 5.81. The molecule has 35 heavy (non-hydrogen) atoms. The van der Waals surface area contributed by atoms with E-state index < -0.39 is 5.41 Å². The van der Waals surface area contributed by atoms with Gasteiger partial charge in [0.25, 0.3) is 0 Å². The second kappa shape index (κ2) is 9.27. The molecule has 2 aliphatic heterocycles. The van der Waals surface area contributed by atoms with Gasteiger partial charge in [0.05, 0.1) is 44.5 Å². The minimum atomic E-state index is -0.485. The molecular weight excluding hydrogens is 449 g/mol. The number of hydrogen-bond acceptors (Lipinski definition) is 7. The van der Waals surface area contributed by atoms with Crippen molar-refractivity contribution in [3.63, 3.8) is 0 Å². The molecule has 0 bridgehead atoms. The number of rotatable bonds is 4. The summed E-state index contributed by atoms with van der Waals surface area (Å²) in [5, 5.41) is 9.34. The molecule has 182 valence electrons. The van der Waals surface area contributed by atoms with Crippen molar-refractivity contribution < 1.29 is 18.7 Å². The van der Waals surface area contributed by atoms with Crippen LogP contribution >= 0.6 is 0 Å². The lowest BCUT2D eigenvalue weighted by Gasteiger charge is -2.44. The van der Waals surface area contributed by atoms with Crippen molar-refractivity contribution in [3.8, 4) is 12.1 Å². The maximum Gasteiger partial charge on any atom is 0.318 e. The van der Waals surface area contributed by atoms with E-state index in [4.69, 9.17) is 9.47 Å². The number of aromatic nitrogens is 2. The van der Waals surface area contributed by atoms with Gasteiger partial charge in [-0.15, -0.1) is 0 Å². The molecule has 3 heterocycles. The topological polar surface area (TPSA) is 91.6 Å². The molecule has 1 aromatic heterocycles. The fraction of sp³-hybridized carbons (Fsp3) is 0.462. The van der Waals surface area contributed by atoms with Gasteiger partial charge in [0.15, 0.2) is 0 Å². The van der Waals surface area contributed by atoms with Crippen LogP contribution in [0.5, 0.6) is 6.01 Å². The van der Waals surface area contributed by atoms with E-state index in [0.29, 0.717) is 52.1 Å². The van der Waals surface area contributed by atoms with E-state index in [2.05, 4.69) is 27.5 Å². The van der Waals surface area contributed by atoms with Crippen molar-refractivity contribution in [2.75, 3.05) is 38.3 Å². The van der Waals surface area contributed by atoms with Crippen LogP contribution in [-0.4, -0.2) is 60.2 Å². The fourth-order valence-corrected chi connectivity index (χ4v) is 5.81. The van der Waals surface area contributed by atoms with Crippen LogP contribution in [0.1, 0.15) is 35.2 Å². The predicted octanol–water partition coefficient (Wildman–Crippen LogP) is 2.70. The molecule has 1 aromatic carbocycles. The number of carbonyl (C=O) groups excluding carboxylic acids is 1. The number of halogens is 1. The Kier molecular flexibility index (Phi) is 6.15. The number of methoxy groups -OCH3 is 1. The number of fused-ring (bicyclic) bond motifs is 3. The van der Waals surface area contributed by atoms with Gasteiger partial charge in [-0.2, -0.15) is 15.2 Å². The Labute approximate surface area is 204 Å². The molecule has 1 spiro atoms. The average Bonchev–Trinajstić information content (AvgIpc) is 2.87. The summed E-state index contributed by atoms with van der Waals surface area (Å²) in [5.41, 5.74) is 2.99. The molecule has 2 unspecified atom stereocenters.